The van der Waals surface area contributed by atoms with Crippen molar-refractivity contribution in [2.45, 2.75) is 13.3 Å². The van der Waals surface area contributed by atoms with E-state index in [4.69, 9.17) is 10.2 Å². The van der Waals surface area contributed by atoms with Crippen molar-refractivity contribution in [3.05, 3.63) is 70.7 Å². The fraction of sp³-hybridized carbons (Fsp3) is 0.125. The summed E-state index contributed by atoms with van der Waals surface area (Å²) in [6.07, 6.45) is 2.83. The number of carbonyl (C=O) groups excluding carboxylic acids is 1. The third-order valence-corrected chi connectivity index (χ3v) is 3.03. The minimum absolute atomic E-state index is 0.310. The lowest BCUT2D eigenvalue weighted by Gasteiger charge is -1.99. The van der Waals surface area contributed by atoms with Crippen molar-refractivity contribution >= 4 is 11.8 Å². The molecular formula is C16H15NO4. The molecule has 0 aliphatic carbocycles. The lowest BCUT2D eigenvalue weighted by molar-refractivity contribution is -0.135. The van der Waals surface area contributed by atoms with Gasteiger partial charge in [0, 0.05) is 30.0 Å². The summed E-state index contributed by atoms with van der Waals surface area (Å²) in [5.41, 5.74) is 3.43. The Hall–Kier alpha value is -2.82. The zero-order chi connectivity index (χ0) is 15.4. The number of hydrogen-bond donors (Lipinski definition) is 3. The van der Waals surface area contributed by atoms with Gasteiger partial charge in [-0.15, -0.1) is 0 Å². The monoisotopic (exact) mass is 285 g/mol. The van der Waals surface area contributed by atoms with Gasteiger partial charge in [-0.05, 0) is 18.6 Å². The summed E-state index contributed by atoms with van der Waals surface area (Å²) in [4.78, 5) is 25.2. The van der Waals surface area contributed by atoms with Gasteiger partial charge in [0.15, 0.2) is 5.78 Å². The second kappa shape index (κ2) is 6.09. The SMILES string of the molecule is Cc1ccc(Cc2cc(C(=O)C=C(O)C(=O)O)c[nH]2)cc1. The first-order valence-electron chi connectivity index (χ1n) is 6.37. The van der Waals surface area contributed by atoms with E-state index >= 15 is 0 Å². The summed E-state index contributed by atoms with van der Waals surface area (Å²) in [6.45, 7) is 2.01. The number of aliphatic hydroxyl groups is 1. The van der Waals surface area contributed by atoms with Gasteiger partial charge in [-0.25, -0.2) is 4.79 Å². The topological polar surface area (TPSA) is 90.4 Å². The molecule has 5 heteroatoms. The molecule has 0 saturated heterocycles. The average Bonchev–Trinajstić information content (AvgIpc) is 2.90. The molecule has 108 valence electrons. The molecule has 0 aliphatic rings. The van der Waals surface area contributed by atoms with Crippen LogP contribution in [-0.2, 0) is 11.2 Å². The Morgan fingerprint density at radius 1 is 1.19 bits per heavy atom. The van der Waals surface area contributed by atoms with E-state index in [1.54, 1.807) is 6.07 Å². The van der Waals surface area contributed by atoms with Crippen LogP contribution in [0.4, 0.5) is 0 Å². The number of allylic oxidation sites excluding steroid dienone is 1. The van der Waals surface area contributed by atoms with Gasteiger partial charge in [0.2, 0.25) is 5.76 Å². The Balaban J connectivity index is 2.11. The number of carbonyl (C=O) groups is 2. The lowest BCUT2D eigenvalue weighted by atomic mass is 10.1. The predicted octanol–water partition coefficient (Wildman–Crippen LogP) is 2.62. The Bertz CT molecular complexity index is 695. The van der Waals surface area contributed by atoms with Crippen LogP contribution in [0, 0.1) is 6.92 Å². The maximum Gasteiger partial charge on any atom is 0.371 e. The number of aryl methyl sites for hydroxylation is 1. The first kappa shape index (κ1) is 14.6. The summed E-state index contributed by atoms with van der Waals surface area (Å²) in [5, 5.41) is 17.6. The number of aliphatic carboxylic acids is 1. The van der Waals surface area contributed by atoms with Crippen molar-refractivity contribution in [3.8, 4) is 0 Å². The lowest BCUT2D eigenvalue weighted by Crippen LogP contribution is -2.03. The molecule has 0 aliphatic heterocycles. The third kappa shape index (κ3) is 3.82. The number of H-pyrrole nitrogens is 1. The molecule has 0 radical (unpaired) electrons. The maximum atomic E-state index is 11.8. The number of ketones is 1. The van der Waals surface area contributed by atoms with E-state index in [-0.39, 0.29) is 0 Å². The van der Waals surface area contributed by atoms with Gasteiger partial charge < -0.3 is 15.2 Å². The molecule has 0 amide bonds. The van der Waals surface area contributed by atoms with Crippen molar-refractivity contribution in [1.29, 1.82) is 0 Å². The molecule has 0 fully saturated rings. The van der Waals surface area contributed by atoms with E-state index in [2.05, 4.69) is 4.98 Å². The first-order valence-corrected chi connectivity index (χ1v) is 6.37. The number of carboxylic acid groups (broad SMARTS) is 1. The van der Waals surface area contributed by atoms with Gasteiger partial charge in [-0.2, -0.15) is 0 Å². The third-order valence-electron chi connectivity index (χ3n) is 3.03. The Kier molecular flexibility index (Phi) is 4.23. The van der Waals surface area contributed by atoms with Crippen LogP contribution in [0.25, 0.3) is 0 Å². The molecule has 0 saturated carbocycles. The number of aromatic nitrogens is 1. The second-order valence-electron chi connectivity index (χ2n) is 4.77. The van der Waals surface area contributed by atoms with E-state index in [9.17, 15) is 9.59 Å². The summed E-state index contributed by atoms with van der Waals surface area (Å²) in [6, 6.07) is 9.69. The van der Waals surface area contributed by atoms with E-state index in [0.29, 0.717) is 18.1 Å². The zero-order valence-corrected chi connectivity index (χ0v) is 11.5. The van der Waals surface area contributed by atoms with E-state index < -0.39 is 17.5 Å². The van der Waals surface area contributed by atoms with Gasteiger partial charge in [-0.3, -0.25) is 4.79 Å². The molecule has 21 heavy (non-hydrogen) atoms. The highest BCUT2D eigenvalue weighted by molar-refractivity contribution is 6.07. The van der Waals surface area contributed by atoms with Crippen LogP contribution in [0.2, 0.25) is 0 Å². The maximum absolute atomic E-state index is 11.8. The number of nitrogens with one attached hydrogen (secondary N) is 1. The predicted molar refractivity (Wildman–Crippen MR) is 77.5 cm³/mol. The highest BCUT2D eigenvalue weighted by Crippen LogP contribution is 2.12. The molecule has 5 nitrogen and oxygen atoms in total. The van der Waals surface area contributed by atoms with Gasteiger partial charge in [0.05, 0.1) is 0 Å². The molecule has 2 aromatic rings. The fourth-order valence-corrected chi connectivity index (χ4v) is 1.88. The van der Waals surface area contributed by atoms with Crippen LogP contribution < -0.4 is 0 Å². The van der Waals surface area contributed by atoms with Crippen LogP contribution >= 0.6 is 0 Å². The number of carboxylic acids is 1. The van der Waals surface area contributed by atoms with Gasteiger partial charge in [0.25, 0.3) is 0 Å². The molecule has 3 N–H and O–H groups in total. The molecule has 2 rings (SSSR count). The standard InChI is InChI=1S/C16H15NO4/c1-10-2-4-11(5-3-10)6-13-7-12(9-17-13)14(18)8-15(19)16(20)21/h2-5,7-9,17,19H,6H2,1H3,(H,20,21). The molecule has 0 unspecified atom stereocenters. The highest BCUT2D eigenvalue weighted by Gasteiger charge is 2.11. The van der Waals surface area contributed by atoms with E-state index in [0.717, 1.165) is 11.3 Å². The number of aromatic amines is 1. The van der Waals surface area contributed by atoms with Crippen LogP contribution in [0.15, 0.2) is 48.4 Å². The zero-order valence-electron chi connectivity index (χ0n) is 11.5. The Morgan fingerprint density at radius 3 is 2.48 bits per heavy atom. The normalized spacial score (nSPS) is 11.4. The molecule has 0 bridgehead atoms. The number of hydrogen-bond acceptors (Lipinski definition) is 3. The Labute approximate surface area is 121 Å². The summed E-state index contributed by atoms with van der Waals surface area (Å²) in [7, 11) is 0. The molecule has 1 aromatic carbocycles. The van der Waals surface area contributed by atoms with Crippen LogP contribution in [0.5, 0.6) is 0 Å². The highest BCUT2D eigenvalue weighted by atomic mass is 16.4. The van der Waals surface area contributed by atoms with E-state index in [1.807, 2.05) is 31.2 Å². The minimum Gasteiger partial charge on any atom is -0.502 e. The van der Waals surface area contributed by atoms with Crippen molar-refractivity contribution in [1.82, 2.24) is 4.98 Å². The molecule has 0 spiro atoms. The van der Waals surface area contributed by atoms with Gasteiger partial charge in [-0.1, -0.05) is 29.8 Å². The van der Waals surface area contributed by atoms with Crippen LogP contribution in [-0.4, -0.2) is 26.9 Å². The molecule has 1 aromatic heterocycles. The van der Waals surface area contributed by atoms with Crippen LogP contribution in [0.1, 0.15) is 27.2 Å². The molecule has 0 atom stereocenters. The van der Waals surface area contributed by atoms with Crippen molar-refractivity contribution in [2.75, 3.05) is 0 Å². The van der Waals surface area contributed by atoms with Crippen molar-refractivity contribution < 1.29 is 19.8 Å². The van der Waals surface area contributed by atoms with E-state index in [1.165, 1.54) is 11.8 Å². The number of benzene rings is 1. The second-order valence-corrected chi connectivity index (χ2v) is 4.77. The van der Waals surface area contributed by atoms with Crippen LogP contribution in [0.3, 0.4) is 0 Å². The fourth-order valence-electron chi connectivity index (χ4n) is 1.88. The Morgan fingerprint density at radius 2 is 1.86 bits per heavy atom. The van der Waals surface area contributed by atoms with Gasteiger partial charge >= 0.3 is 5.97 Å². The molecule has 1 heterocycles. The summed E-state index contributed by atoms with van der Waals surface area (Å²) < 4.78 is 0. The smallest absolute Gasteiger partial charge is 0.371 e. The first-order chi connectivity index (χ1) is 9.95. The van der Waals surface area contributed by atoms with Crippen molar-refractivity contribution in [3.63, 3.8) is 0 Å². The summed E-state index contributed by atoms with van der Waals surface area (Å²) >= 11 is 0. The number of rotatable bonds is 5. The summed E-state index contributed by atoms with van der Waals surface area (Å²) in [5.74, 6) is -3.05. The quantitative estimate of drug-likeness (QED) is 0.447. The van der Waals surface area contributed by atoms with Gasteiger partial charge in [0.1, 0.15) is 0 Å². The average molecular weight is 285 g/mol. The largest absolute Gasteiger partial charge is 0.502 e. The number of aliphatic hydroxyl groups excluding tert-OH is 1. The van der Waals surface area contributed by atoms with Crippen molar-refractivity contribution in [2.24, 2.45) is 0 Å². The molecular weight excluding hydrogens is 270 g/mol. The minimum atomic E-state index is -1.53.